The SMILES string of the molecule is CC(C)C(C(=O)O)n1cc(Nc2ncc(Br)c(N[C@@H]3[C@@H](C(N)=O)[C@H]4C=C[C@H]3C4)n2)cn1. The number of aromatic nitrogens is 4. The number of carbonyl (C=O) groups excluding carboxylic acids is 1. The molecular formula is C20H24BrN7O3. The van der Waals surface area contributed by atoms with E-state index in [0.29, 0.717) is 21.9 Å². The summed E-state index contributed by atoms with van der Waals surface area (Å²) in [7, 11) is 0. The molecule has 11 heteroatoms. The van der Waals surface area contributed by atoms with Crippen molar-refractivity contribution < 1.29 is 14.7 Å². The van der Waals surface area contributed by atoms with Crippen molar-refractivity contribution in [2.24, 2.45) is 29.4 Å². The Morgan fingerprint density at radius 2 is 2.03 bits per heavy atom. The third-order valence-electron chi connectivity index (χ3n) is 5.86. The first-order valence-electron chi connectivity index (χ1n) is 10.0. The maximum absolute atomic E-state index is 12.0. The number of hydrogen-bond acceptors (Lipinski definition) is 7. The maximum atomic E-state index is 12.0. The number of nitrogens with two attached hydrogens (primary N) is 1. The highest BCUT2D eigenvalue weighted by molar-refractivity contribution is 9.10. The van der Waals surface area contributed by atoms with E-state index in [0.717, 1.165) is 6.42 Å². The molecule has 0 spiro atoms. The van der Waals surface area contributed by atoms with Crippen LogP contribution in [0, 0.1) is 23.7 Å². The molecule has 5 atom stereocenters. The summed E-state index contributed by atoms with van der Waals surface area (Å²) in [5, 5.41) is 20.0. The molecule has 5 N–H and O–H groups in total. The number of primary amides is 1. The van der Waals surface area contributed by atoms with Gasteiger partial charge in [0.1, 0.15) is 5.82 Å². The van der Waals surface area contributed by atoms with Crippen LogP contribution in [-0.2, 0) is 9.59 Å². The molecule has 1 unspecified atom stereocenters. The summed E-state index contributed by atoms with van der Waals surface area (Å²) < 4.78 is 2.07. The largest absolute Gasteiger partial charge is 0.480 e. The molecule has 0 saturated heterocycles. The van der Waals surface area contributed by atoms with Crippen LogP contribution in [0.1, 0.15) is 26.3 Å². The minimum atomic E-state index is -0.944. The van der Waals surface area contributed by atoms with Crippen molar-refractivity contribution in [2.45, 2.75) is 32.4 Å². The van der Waals surface area contributed by atoms with Gasteiger partial charge in [0.15, 0.2) is 6.04 Å². The van der Waals surface area contributed by atoms with E-state index in [-0.39, 0.29) is 35.6 Å². The first kappa shape index (κ1) is 21.3. The van der Waals surface area contributed by atoms with Crippen LogP contribution in [0.4, 0.5) is 17.5 Å². The molecule has 31 heavy (non-hydrogen) atoms. The number of nitrogens with zero attached hydrogens (tertiary/aromatic N) is 4. The number of aliphatic carboxylic acids is 1. The molecule has 1 fully saturated rings. The minimum Gasteiger partial charge on any atom is -0.480 e. The van der Waals surface area contributed by atoms with E-state index in [1.54, 1.807) is 12.4 Å². The summed E-state index contributed by atoms with van der Waals surface area (Å²) >= 11 is 3.46. The van der Waals surface area contributed by atoms with Crippen LogP contribution in [0.2, 0.25) is 0 Å². The molecular weight excluding hydrogens is 466 g/mol. The lowest BCUT2D eigenvalue weighted by Crippen LogP contribution is -2.41. The Kier molecular flexibility index (Phi) is 5.69. The molecule has 0 radical (unpaired) electrons. The van der Waals surface area contributed by atoms with Crippen molar-refractivity contribution >= 4 is 45.3 Å². The average Bonchev–Trinajstić information content (AvgIpc) is 3.40. The molecule has 1 saturated carbocycles. The molecule has 2 bridgehead atoms. The van der Waals surface area contributed by atoms with Gasteiger partial charge in [-0.1, -0.05) is 26.0 Å². The van der Waals surface area contributed by atoms with Crippen LogP contribution in [0.15, 0.2) is 35.2 Å². The molecule has 2 aliphatic carbocycles. The smallest absolute Gasteiger partial charge is 0.328 e. The van der Waals surface area contributed by atoms with Crippen LogP contribution in [0.5, 0.6) is 0 Å². The molecule has 1 amide bonds. The maximum Gasteiger partial charge on any atom is 0.328 e. The van der Waals surface area contributed by atoms with Crippen molar-refractivity contribution in [1.82, 2.24) is 19.7 Å². The number of nitrogens with one attached hydrogen (secondary N) is 2. The van der Waals surface area contributed by atoms with Gasteiger partial charge in [0, 0.05) is 18.4 Å². The second-order valence-electron chi connectivity index (χ2n) is 8.30. The number of halogens is 1. The lowest BCUT2D eigenvalue weighted by Gasteiger charge is -2.27. The fourth-order valence-electron chi connectivity index (χ4n) is 4.48. The molecule has 2 heterocycles. The average molecular weight is 490 g/mol. The normalized spacial score (nSPS) is 25.0. The quantitative estimate of drug-likeness (QED) is 0.413. The summed E-state index contributed by atoms with van der Waals surface area (Å²) in [5.74, 6) is -0.420. The molecule has 10 nitrogen and oxygen atoms in total. The fourth-order valence-corrected chi connectivity index (χ4v) is 4.79. The topological polar surface area (TPSA) is 148 Å². The first-order chi connectivity index (χ1) is 14.7. The summed E-state index contributed by atoms with van der Waals surface area (Å²) in [4.78, 5) is 32.3. The van der Waals surface area contributed by atoms with Crippen molar-refractivity contribution in [2.75, 3.05) is 10.6 Å². The van der Waals surface area contributed by atoms with E-state index in [4.69, 9.17) is 5.73 Å². The number of allylic oxidation sites excluding steroid dienone is 1. The second-order valence-corrected chi connectivity index (χ2v) is 9.15. The fraction of sp³-hybridized carbons (Fsp3) is 0.450. The summed E-state index contributed by atoms with van der Waals surface area (Å²) in [6.45, 7) is 3.65. The zero-order chi connectivity index (χ0) is 22.3. The molecule has 2 aromatic rings. The van der Waals surface area contributed by atoms with Crippen LogP contribution in [0.3, 0.4) is 0 Å². The zero-order valence-corrected chi connectivity index (χ0v) is 18.7. The Bertz CT molecular complexity index is 1040. The van der Waals surface area contributed by atoms with E-state index >= 15 is 0 Å². The van der Waals surface area contributed by atoms with Gasteiger partial charge in [-0.25, -0.2) is 9.78 Å². The van der Waals surface area contributed by atoms with Crippen LogP contribution in [-0.4, -0.2) is 42.8 Å². The van der Waals surface area contributed by atoms with E-state index in [1.165, 1.54) is 10.9 Å². The highest BCUT2D eigenvalue weighted by Gasteiger charge is 2.47. The second kappa shape index (κ2) is 8.29. The van der Waals surface area contributed by atoms with Gasteiger partial charge in [-0.2, -0.15) is 10.1 Å². The molecule has 4 rings (SSSR count). The lowest BCUT2D eigenvalue weighted by molar-refractivity contribution is -0.142. The van der Waals surface area contributed by atoms with Crippen molar-refractivity contribution in [3.05, 3.63) is 35.2 Å². The van der Waals surface area contributed by atoms with Crippen LogP contribution < -0.4 is 16.4 Å². The number of rotatable bonds is 8. The van der Waals surface area contributed by atoms with Crippen LogP contribution in [0.25, 0.3) is 0 Å². The number of hydrogen-bond donors (Lipinski definition) is 4. The molecule has 0 aliphatic heterocycles. The highest BCUT2D eigenvalue weighted by atomic mass is 79.9. The Balaban J connectivity index is 1.52. The van der Waals surface area contributed by atoms with Gasteiger partial charge < -0.3 is 21.5 Å². The van der Waals surface area contributed by atoms with E-state index < -0.39 is 12.0 Å². The minimum absolute atomic E-state index is 0.126. The summed E-state index contributed by atoms with van der Waals surface area (Å²) in [6, 6.07) is -0.896. The number of amides is 1. The van der Waals surface area contributed by atoms with Crippen LogP contribution >= 0.6 is 15.9 Å². The Hall–Kier alpha value is -2.95. The molecule has 164 valence electrons. The zero-order valence-electron chi connectivity index (χ0n) is 17.1. The van der Waals surface area contributed by atoms with Crippen molar-refractivity contribution in [3.63, 3.8) is 0 Å². The highest BCUT2D eigenvalue weighted by Crippen LogP contribution is 2.45. The first-order valence-corrected chi connectivity index (χ1v) is 10.8. The van der Waals surface area contributed by atoms with Gasteiger partial charge in [0.25, 0.3) is 0 Å². The monoisotopic (exact) mass is 489 g/mol. The predicted molar refractivity (Wildman–Crippen MR) is 118 cm³/mol. The van der Waals surface area contributed by atoms with Gasteiger partial charge in [-0.05, 0) is 40.1 Å². The Morgan fingerprint density at radius 3 is 2.71 bits per heavy atom. The molecule has 0 aromatic carbocycles. The van der Waals surface area contributed by atoms with Gasteiger partial charge in [-0.3, -0.25) is 9.48 Å². The van der Waals surface area contributed by atoms with Crippen molar-refractivity contribution in [1.29, 1.82) is 0 Å². The third kappa shape index (κ3) is 4.14. The Morgan fingerprint density at radius 1 is 1.29 bits per heavy atom. The third-order valence-corrected chi connectivity index (χ3v) is 6.44. The van der Waals surface area contributed by atoms with E-state index in [1.807, 2.05) is 13.8 Å². The molecule has 2 aliphatic rings. The van der Waals surface area contributed by atoms with Gasteiger partial charge >= 0.3 is 5.97 Å². The predicted octanol–water partition coefficient (Wildman–Crippen LogP) is 2.55. The van der Waals surface area contributed by atoms with Gasteiger partial charge in [0.05, 0.1) is 22.3 Å². The lowest BCUT2D eigenvalue weighted by atomic mass is 9.88. The van der Waals surface area contributed by atoms with Crippen molar-refractivity contribution in [3.8, 4) is 0 Å². The summed E-state index contributed by atoms with van der Waals surface area (Å²) in [6.07, 6.45) is 9.84. The van der Waals surface area contributed by atoms with Gasteiger partial charge in [-0.15, -0.1) is 0 Å². The van der Waals surface area contributed by atoms with E-state index in [2.05, 4.69) is 53.8 Å². The summed E-state index contributed by atoms with van der Waals surface area (Å²) in [5.41, 5.74) is 6.21. The molecule has 2 aromatic heterocycles. The number of carboxylic acids is 1. The number of fused-ring (bicyclic) bond motifs is 2. The van der Waals surface area contributed by atoms with E-state index in [9.17, 15) is 14.7 Å². The number of carboxylic acid groups (broad SMARTS) is 1. The Labute approximate surface area is 187 Å². The standard InChI is InChI=1S/C20H24BrN7O3/c1-9(2)16(19(30)31)28-8-12(6-24-28)25-20-23-7-13(21)18(27-20)26-15-11-4-3-10(5-11)14(15)17(22)29/h3-4,6-11,14-16H,5H2,1-2H3,(H2,22,29)(H,30,31)(H2,23,25,26,27)/t10-,11-,14-,15-,16?/m0/s1. The van der Waals surface area contributed by atoms with Gasteiger partial charge in [0.2, 0.25) is 11.9 Å². The number of anilines is 3. The number of carbonyl (C=O) groups is 2.